The van der Waals surface area contributed by atoms with Gasteiger partial charge in [0.05, 0.1) is 28.5 Å². The minimum Gasteiger partial charge on any atom is -0.391 e. The van der Waals surface area contributed by atoms with Gasteiger partial charge >= 0.3 is 0 Å². The molecule has 108 valence electrons. The summed E-state index contributed by atoms with van der Waals surface area (Å²) in [5.41, 5.74) is 1.37. The summed E-state index contributed by atoms with van der Waals surface area (Å²) in [6.07, 6.45) is 1.66. The fourth-order valence-electron chi connectivity index (χ4n) is 2.30. The maximum absolute atomic E-state index is 9.63. The summed E-state index contributed by atoms with van der Waals surface area (Å²) in [5, 5.41) is 10.9. The molecule has 3 heterocycles. The van der Waals surface area contributed by atoms with E-state index in [0.717, 1.165) is 5.69 Å². The van der Waals surface area contributed by atoms with Gasteiger partial charge in [-0.15, -0.1) is 0 Å². The molecule has 0 spiro atoms. The fourth-order valence-corrected chi connectivity index (χ4v) is 4.02. The minimum absolute atomic E-state index is 0.100. The monoisotopic (exact) mass is 446 g/mol. The predicted octanol–water partition coefficient (Wildman–Crippen LogP) is 3.92. The molecule has 1 aliphatic heterocycles. The van der Waals surface area contributed by atoms with Gasteiger partial charge in [-0.2, -0.15) is 0 Å². The average Bonchev–Trinajstić information content (AvgIpc) is 2.66. The molecule has 0 aliphatic carbocycles. The topological polar surface area (TPSA) is 46.8 Å². The summed E-state index contributed by atoms with van der Waals surface area (Å²) in [5.74, 6) is 0. The molecular weight excluding hydrogens is 437 g/mol. The van der Waals surface area contributed by atoms with E-state index in [2.05, 4.69) is 27.6 Å². The second-order valence-corrected chi connectivity index (χ2v) is 7.42. The Balaban J connectivity index is 2.11. The molecule has 1 N–H and O–H groups in total. The Kier molecular flexibility index (Phi) is 4.37. The molecule has 0 bridgehead atoms. The number of alkyl halides is 1. The van der Waals surface area contributed by atoms with Crippen LogP contribution in [0.3, 0.4) is 0 Å². The number of fused-ring (bicyclic) bond motifs is 1. The van der Waals surface area contributed by atoms with Crippen molar-refractivity contribution in [2.45, 2.75) is 22.6 Å². The van der Waals surface area contributed by atoms with Crippen molar-refractivity contribution < 1.29 is 9.84 Å². The number of hydrogen-bond acceptors (Lipinski definition) is 3. The van der Waals surface area contributed by atoms with Crippen molar-refractivity contribution in [3.63, 3.8) is 0 Å². The highest BCUT2D eigenvalue weighted by atomic mass is 127. The van der Waals surface area contributed by atoms with Crippen molar-refractivity contribution in [3.8, 4) is 0 Å². The standard InChI is InChI=1S/C12H10Cl3IN2O2/c13-6-2-9-17-12(15)10(18(9)3-7(6)14)11-8(16)1-5(19)4-20-11/h2-3,5,8,11,19H,1,4H2/t5-,8+,11+/m1/s1. The maximum Gasteiger partial charge on any atom is 0.154 e. The Bertz CT molecular complexity index is 664. The largest absolute Gasteiger partial charge is 0.391 e. The summed E-state index contributed by atoms with van der Waals surface area (Å²) in [7, 11) is 0. The van der Waals surface area contributed by atoms with E-state index in [1.54, 1.807) is 16.7 Å². The van der Waals surface area contributed by atoms with Crippen LogP contribution in [0.4, 0.5) is 0 Å². The van der Waals surface area contributed by atoms with Gasteiger partial charge in [0.15, 0.2) is 5.15 Å². The van der Waals surface area contributed by atoms with E-state index in [4.69, 9.17) is 39.5 Å². The van der Waals surface area contributed by atoms with Crippen LogP contribution in [0.15, 0.2) is 12.3 Å². The number of nitrogens with zero attached hydrogens (tertiary/aromatic N) is 2. The number of pyridine rings is 1. The van der Waals surface area contributed by atoms with Crippen LogP contribution in [0.25, 0.3) is 5.65 Å². The van der Waals surface area contributed by atoms with Crippen molar-refractivity contribution in [1.82, 2.24) is 9.38 Å². The zero-order valence-corrected chi connectivity index (χ0v) is 14.5. The molecule has 1 saturated heterocycles. The SMILES string of the molecule is O[C@H]1CO[C@H](c2c(Cl)nc3cc(Cl)c(Cl)cn23)[C@@H](I)C1. The molecule has 0 radical (unpaired) electrons. The summed E-state index contributed by atoms with van der Waals surface area (Å²) < 4.78 is 7.62. The van der Waals surface area contributed by atoms with Crippen LogP contribution in [-0.4, -0.2) is 31.1 Å². The molecule has 8 heteroatoms. The first-order chi connectivity index (χ1) is 9.47. The molecule has 0 aromatic carbocycles. The van der Waals surface area contributed by atoms with Gasteiger partial charge in [0.1, 0.15) is 11.8 Å². The van der Waals surface area contributed by atoms with Gasteiger partial charge in [-0.05, 0) is 6.42 Å². The number of imidazole rings is 1. The molecule has 20 heavy (non-hydrogen) atoms. The van der Waals surface area contributed by atoms with Crippen LogP contribution in [0, 0.1) is 0 Å². The first kappa shape index (κ1) is 15.1. The molecule has 0 unspecified atom stereocenters. The lowest BCUT2D eigenvalue weighted by molar-refractivity contribution is -0.0511. The molecule has 0 amide bonds. The van der Waals surface area contributed by atoms with Gasteiger partial charge in [0, 0.05) is 16.2 Å². The predicted molar refractivity (Wildman–Crippen MR) is 87.3 cm³/mol. The molecule has 1 aliphatic rings. The molecule has 1 fully saturated rings. The van der Waals surface area contributed by atoms with Crippen LogP contribution in [-0.2, 0) is 4.74 Å². The number of aliphatic hydroxyl groups is 1. The summed E-state index contributed by atoms with van der Waals surface area (Å²) in [6, 6.07) is 1.67. The number of ether oxygens (including phenoxy) is 1. The van der Waals surface area contributed by atoms with E-state index in [1.165, 1.54) is 0 Å². The highest BCUT2D eigenvalue weighted by molar-refractivity contribution is 14.1. The maximum atomic E-state index is 9.63. The van der Waals surface area contributed by atoms with Crippen molar-refractivity contribution >= 4 is 63.0 Å². The second kappa shape index (κ2) is 5.78. The number of hydrogen-bond donors (Lipinski definition) is 1. The Labute approximate surface area is 144 Å². The van der Waals surface area contributed by atoms with Crippen molar-refractivity contribution in [2.75, 3.05) is 6.61 Å². The van der Waals surface area contributed by atoms with Crippen molar-refractivity contribution in [1.29, 1.82) is 0 Å². The zero-order valence-electron chi connectivity index (χ0n) is 10.1. The summed E-state index contributed by atoms with van der Waals surface area (Å²) in [4.78, 5) is 4.28. The summed E-state index contributed by atoms with van der Waals surface area (Å²) in [6.45, 7) is 0.287. The molecular formula is C12H10Cl3IN2O2. The quantitative estimate of drug-likeness (QED) is 0.533. The molecule has 3 rings (SSSR count). The number of rotatable bonds is 1. The Morgan fingerprint density at radius 2 is 2.10 bits per heavy atom. The van der Waals surface area contributed by atoms with Crippen LogP contribution in [0.5, 0.6) is 0 Å². The Morgan fingerprint density at radius 3 is 2.80 bits per heavy atom. The third-order valence-electron chi connectivity index (χ3n) is 3.22. The lowest BCUT2D eigenvalue weighted by Crippen LogP contribution is -2.33. The Morgan fingerprint density at radius 1 is 1.35 bits per heavy atom. The van der Waals surface area contributed by atoms with Gasteiger partial charge in [0.25, 0.3) is 0 Å². The minimum atomic E-state index is -0.441. The molecule has 2 aromatic heterocycles. The van der Waals surface area contributed by atoms with Gasteiger partial charge < -0.3 is 9.84 Å². The fraction of sp³-hybridized carbons (Fsp3) is 0.417. The summed E-state index contributed by atoms with van der Waals surface area (Å²) >= 11 is 20.5. The number of aliphatic hydroxyl groups excluding tert-OH is 1. The molecule has 2 aromatic rings. The van der Waals surface area contributed by atoms with Gasteiger partial charge in [0.2, 0.25) is 0 Å². The van der Waals surface area contributed by atoms with Crippen LogP contribution >= 0.6 is 57.4 Å². The lowest BCUT2D eigenvalue weighted by Gasteiger charge is -2.30. The smallest absolute Gasteiger partial charge is 0.154 e. The van der Waals surface area contributed by atoms with E-state index in [1.807, 2.05) is 0 Å². The van der Waals surface area contributed by atoms with Crippen molar-refractivity contribution in [3.05, 3.63) is 33.2 Å². The van der Waals surface area contributed by atoms with E-state index >= 15 is 0 Å². The van der Waals surface area contributed by atoms with Crippen LogP contribution in [0.1, 0.15) is 18.2 Å². The van der Waals surface area contributed by atoms with E-state index < -0.39 is 6.10 Å². The highest BCUT2D eigenvalue weighted by Crippen LogP contribution is 2.38. The number of halogens is 4. The molecule has 0 saturated carbocycles. The van der Waals surface area contributed by atoms with Gasteiger partial charge in [-0.3, -0.25) is 4.40 Å². The average molecular weight is 447 g/mol. The molecule has 3 atom stereocenters. The number of aromatic nitrogens is 2. The first-order valence-electron chi connectivity index (χ1n) is 5.93. The van der Waals surface area contributed by atoms with E-state index in [-0.39, 0.29) is 16.6 Å². The van der Waals surface area contributed by atoms with Crippen LogP contribution in [0.2, 0.25) is 15.2 Å². The zero-order chi connectivity index (χ0) is 14.4. The Hall–Kier alpha value is 0.210. The normalized spacial score (nSPS) is 27.1. The van der Waals surface area contributed by atoms with Crippen LogP contribution < -0.4 is 0 Å². The van der Waals surface area contributed by atoms with Crippen molar-refractivity contribution in [2.24, 2.45) is 0 Å². The van der Waals surface area contributed by atoms with Gasteiger partial charge in [-0.1, -0.05) is 57.4 Å². The van der Waals surface area contributed by atoms with E-state index in [0.29, 0.717) is 27.3 Å². The second-order valence-electron chi connectivity index (χ2n) is 4.64. The molecule has 4 nitrogen and oxygen atoms in total. The third-order valence-corrected chi connectivity index (χ3v) is 5.37. The first-order valence-corrected chi connectivity index (χ1v) is 8.31. The van der Waals surface area contributed by atoms with Gasteiger partial charge in [-0.25, -0.2) is 4.98 Å². The highest BCUT2D eigenvalue weighted by Gasteiger charge is 2.34. The van der Waals surface area contributed by atoms with E-state index in [9.17, 15) is 5.11 Å². The lowest BCUT2D eigenvalue weighted by atomic mass is 10.0. The third kappa shape index (κ3) is 2.64.